The molecular formula is C18H19ClF3N7S. The van der Waals surface area contributed by atoms with Crippen LogP contribution in [0.3, 0.4) is 0 Å². The Morgan fingerprint density at radius 3 is 2.80 bits per heavy atom. The lowest BCUT2D eigenvalue weighted by molar-refractivity contribution is -0.137. The largest absolute Gasteiger partial charge is 0.418 e. The fourth-order valence-corrected chi connectivity index (χ4v) is 4.52. The van der Waals surface area contributed by atoms with E-state index in [-0.39, 0.29) is 22.3 Å². The van der Waals surface area contributed by atoms with Crippen molar-refractivity contribution in [3.05, 3.63) is 40.4 Å². The average Bonchev–Trinajstić information content (AvgIpc) is 3.45. The maximum absolute atomic E-state index is 13.4. The van der Waals surface area contributed by atoms with E-state index in [4.69, 9.17) is 11.6 Å². The van der Waals surface area contributed by atoms with Crippen molar-refractivity contribution in [2.75, 3.05) is 0 Å². The number of aryl methyl sites for hydroxylation is 1. The van der Waals surface area contributed by atoms with Crippen molar-refractivity contribution in [3.63, 3.8) is 0 Å². The van der Waals surface area contributed by atoms with Crippen LogP contribution in [0.2, 0.25) is 5.02 Å². The van der Waals surface area contributed by atoms with E-state index in [2.05, 4.69) is 30.7 Å². The quantitative estimate of drug-likeness (QED) is 0.509. The molecule has 4 rings (SSSR count). The molecule has 160 valence electrons. The Morgan fingerprint density at radius 1 is 1.23 bits per heavy atom. The number of benzene rings is 1. The Bertz CT molecular complexity index is 998. The topological polar surface area (TPSA) is 85.2 Å². The average molecular weight is 458 g/mol. The minimum atomic E-state index is -4.59. The molecule has 0 spiro atoms. The van der Waals surface area contributed by atoms with Crippen LogP contribution in [-0.2, 0) is 18.3 Å². The molecule has 3 aromatic rings. The zero-order valence-corrected chi connectivity index (χ0v) is 17.4. The monoisotopic (exact) mass is 457 g/mol. The van der Waals surface area contributed by atoms with Gasteiger partial charge in [0, 0.05) is 11.4 Å². The fraction of sp³-hybridized carbons (Fsp3) is 0.500. The van der Waals surface area contributed by atoms with Crippen LogP contribution in [0.25, 0.3) is 5.69 Å². The van der Waals surface area contributed by atoms with Gasteiger partial charge in [0.1, 0.15) is 5.82 Å². The molecule has 0 unspecified atom stereocenters. The maximum atomic E-state index is 13.4. The number of alkyl halides is 3. The summed E-state index contributed by atoms with van der Waals surface area (Å²) in [6, 6.07) is 3.49. The van der Waals surface area contributed by atoms with E-state index in [0.29, 0.717) is 5.16 Å². The molecule has 1 aliphatic rings. The number of thioether (sulfide) groups is 1. The van der Waals surface area contributed by atoms with Gasteiger partial charge in [0.05, 0.1) is 17.0 Å². The van der Waals surface area contributed by atoms with Crippen molar-refractivity contribution >= 4 is 23.4 Å². The summed E-state index contributed by atoms with van der Waals surface area (Å²) in [4.78, 5) is 4.46. The van der Waals surface area contributed by atoms with Crippen molar-refractivity contribution in [3.8, 4) is 5.69 Å². The number of nitrogens with zero attached hydrogens (tertiary/aromatic N) is 6. The molecule has 0 saturated heterocycles. The van der Waals surface area contributed by atoms with E-state index in [0.717, 1.165) is 35.3 Å². The Labute approximate surface area is 179 Å². The first-order valence-corrected chi connectivity index (χ1v) is 10.9. The van der Waals surface area contributed by atoms with E-state index in [1.54, 1.807) is 0 Å². The van der Waals surface area contributed by atoms with Crippen LogP contribution in [0.15, 0.2) is 23.4 Å². The van der Waals surface area contributed by atoms with Crippen LogP contribution < -0.4 is 0 Å². The predicted octanol–water partition coefficient (Wildman–Crippen LogP) is 4.87. The normalized spacial score (nSPS) is 15.2. The summed E-state index contributed by atoms with van der Waals surface area (Å²) in [5.74, 6) is 2.05. The van der Waals surface area contributed by atoms with Gasteiger partial charge in [-0.2, -0.15) is 17.9 Å². The Balaban J connectivity index is 1.44. The molecular weight excluding hydrogens is 439 g/mol. The highest BCUT2D eigenvalue weighted by molar-refractivity contribution is 7.98. The summed E-state index contributed by atoms with van der Waals surface area (Å²) < 4.78 is 41.3. The molecule has 0 amide bonds. The number of hydrogen-bond acceptors (Lipinski definition) is 6. The third kappa shape index (κ3) is 4.94. The van der Waals surface area contributed by atoms with E-state index < -0.39 is 11.7 Å². The van der Waals surface area contributed by atoms with Crippen LogP contribution in [0.1, 0.15) is 49.3 Å². The summed E-state index contributed by atoms with van der Waals surface area (Å²) in [7, 11) is 0. The molecule has 0 aliphatic heterocycles. The highest BCUT2D eigenvalue weighted by Crippen LogP contribution is 2.36. The Morgan fingerprint density at radius 2 is 2.03 bits per heavy atom. The second-order valence-electron chi connectivity index (χ2n) is 7.21. The molecule has 1 aliphatic carbocycles. The Hall–Kier alpha value is -2.14. The molecule has 1 saturated carbocycles. The summed E-state index contributed by atoms with van der Waals surface area (Å²) in [6.45, 7) is 0. The molecule has 2 heterocycles. The highest BCUT2D eigenvalue weighted by atomic mass is 35.5. The fourth-order valence-electron chi connectivity index (χ4n) is 3.63. The van der Waals surface area contributed by atoms with Crippen LogP contribution in [0, 0.1) is 5.92 Å². The Kier molecular flexibility index (Phi) is 6.28. The molecule has 1 aromatic carbocycles. The molecule has 0 atom stereocenters. The number of tetrazole rings is 1. The van der Waals surface area contributed by atoms with Crippen LogP contribution >= 0.6 is 23.4 Å². The maximum Gasteiger partial charge on any atom is 0.418 e. The van der Waals surface area contributed by atoms with Gasteiger partial charge in [-0.15, -0.1) is 10.2 Å². The highest BCUT2D eigenvalue weighted by Gasteiger charge is 2.35. The predicted molar refractivity (Wildman–Crippen MR) is 105 cm³/mol. The molecule has 0 radical (unpaired) electrons. The van der Waals surface area contributed by atoms with E-state index >= 15 is 0 Å². The van der Waals surface area contributed by atoms with Crippen molar-refractivity contribution in [2.24, 2.45) is 5.92 Å². The minimum Gasteiger partial charge on any atom is -0.262 e. The molecule has 1 N–H and O–H groups in total. The molecule has 2 aromatic heterocycles. The zero-order valence-electron chi connectivity index (χ0n) is 15.9. The third-order valence-electron chi connectivity index (χ3n) is 5.13. The number of aromatic amines is 1. The van der Waals surface area contributed by atoms with Gasteiger partial charge in [0.25, 0.3) is 0 Å². The van der Waals surface area contributed by atoms with Crippen LogP contribution in [-0.4, -0.2) is 35.4 Å². The number of H-pyrrole nitrogens is 1. The lowest BCUT2D eigenvalue weighted by Gasteiger charge is -2.13. The van der Waals surface area contributed by atoms with Gasteiger partial charge >= 0.3 is 6.18 Å². The van der Waals surface area contributed by atoms with Gasteiger partial charge in [-0.3, -0.25) is 5.10 Å². The summed E-state index contributed by atoms with van der Waals surface area (Å²) in [5, 5.41) is 18.8. The van der Waals surface area contributed by atoms with Crippen LogP contribution in [0.4, 0.5) is 13.2 Å². The molecule has 7 nitrogen and oxygen atoms in total. The van der Waals surface area contributed by atoms with Gasteiger partial charge in [-0.05, 0) is 41.0 Å². The number of halogens is 4. The van der Waals surface area contributed by atoms with Gasteiger partial charge in [0.15, 0.2) is 5.82 Å². The lowest BCUT2D eigenvalue weighted by Crippen LogP contribution is -2.13. The van der Waals surface area contributed by atoms with E-state index in [1.807, 2.05) is 0 Å². The lowest BCUT2D eigenvalue weighted by atomic mass is 10.0. The van der Waals surface area contributed by atoms with Crippen molar-refractivity contribution in [1.29, 1.82) is 0 Å². The zero-order chi connectivity index (χ0) is 21.1. The molecule has 0 bridgehead atoms. The van der Waals surface area contributed by atoms with Crippen molar-refractivity contribution in [1.82, 2.24) is 35.4 Å². The van der Waals surface area contributed by atoms with Crippen LogP contribution in [0.5, 0.6) is 0 Å². The molecule has 30 heavy (non-hydrogen) atoms. The summed E-state index contributed by atoms with van der Waals surface area (Å²) in [5.41, 5.74) is -1.08. The van der Waals surface area contributed by atoms with Gasteiger partial charge < -0.3 is 0 Å². The number of rotatable bonds is 7. The minimum absolute atomic E-state index is 0.0130. The summed E-state index contributed by atoms with van der Waals surface area (Å²) >= 11 is 7.01. The SMILES string of the molecule is FC(F)(F)c1cc(Cl)ccc1-n1nnnc1CSc1n[nH]c(CCC2CCCC2)n1. The molecule has 1 fully saturated rings. The first kappa shape index (κ1) is 21.1. The number of nitrogens with one attached hydrogen (secondary N) is 1. The van der Waals surface area contributed by atoms with E-state index in [9.17, 15) is 13.2 Å². The molecule has 12 heteroatoms. The smallest absolute Gasteiger partial charge is 0.262 e. The number of hydrogen-bond donors (Lipinski definition) is 1. The number of aromatic nitrogens is 7. The first-order chi connectivity index (χ1) is 14.4. The standard InChI is InChI=1S/C18H19ClF3N7S/c19-12-6-7-14(13(9-12)18(20,21)22)29-16(25-27-28-29)10-30-17-23-15(24-26-17)8-5-11-3-1-2-4-11/h6-7,9,11H,1-5,8,10H2,(H,23,24,26). The second-order valence-corrected chi connectivity index (χ2v) is 8.59. The summed E-state index contributed by atoms with van der Waals surface area (Å²) in [6.07, 6.45) is 2.52. The first-order valence-electron chi connectivity index (χ1n) is 9.58. The van der Waals surface area contributed by atoms with Crippen molar-refractivity contribution < 1.29 is 13.2 Å². The van der Waals surface area contributed by atoms with Crippen molar-refractivity contribution in [2.45, 2.75) is 55.6 Å². The van der Waals surface area contributed by atoms with E-state index in [1.165, 1.54) is 49.6 Å². The second kappa shape index (κ2) is 8.93. The van der Waals surface area contributed by atoms with Gasteiger partial charge in [-0.25, -0.2) is 4.98 Å². The van der Waals surface area contributed by atoms with Gasteiger partial charge in [0.2, 0.25) is 5.16 Å². The van der Waals surface area contributed by atoms with Gasteiger partial charge in [-0.1, -0.05) is 49.0 Å². The third-order valence-corrected chi connectivity index (χ3v) is 6.21.